The summed E-state index contributed by atoms with van der Waals surface area (Å²) in [6.45, 7) is 8.71. The van der Waals surface area contributed by atoms with Crippen molar-refractivity contribution >= 4 is 0 Å². The molecule has 14 heavy (non-hydrogen) atoms. The lowest BCUT2D eigenvalue weighted by molar-refractivity contribution is 0.585. The van der Waals surface area contributed by atoms with Crippen molar-refractivity contribution in [3.05, 3.63) is 24.0 Å². The number of hydrogen-bond acceptors (Lipinski definition) is 1. The van der Waals surface area contributed by atoms with Gasteiger partial charge in [0.05, 0.1) is 0 Å². The quantitative estimate of drug-likeness (QED) is 0.737. The molecular formula is C12H22N2. The molecule has 0 aromatic carbocycles. The Balaban J connectivity index is 2.35. The smallest absolute Gasteiger partial charge is 0.0222 e. The molecule has 0 bridgehead atoms. The standard InChI is InChI=1S/C12H22N2/c1-4-5-7-14-8-6-12(10-14)9-13-11(2)3/h6,8,10-11,13H,4-5,7,9H2,1-3H3. The summed E-state index contributed by atoms with van der Waals surface area (Å²) < 4.78 is 2.28. The van der Waals surface area contributed by atoms with Crippen molar-refractivity contribution in [2.45, 2.75) is 52.7 Å². The zero-order chi connectivity index (χ0) is 10.4. The number of aromatic nitrogens is 1. The third kappa shape index (κ3) is 3.97. The number of aryl methyl sites for hydroxylation is 1. The van der Waals surface area contributed by atoms with E-state index in [0.717, 1.165) is 13.1 Å². The summed E-state index contributed by atoms with van der Waals surface area (Å²) >= 11 is 0. The van der Waals surface area contributed by atoms with Gasteiger partial charge >= 0.3 is 0 Å². The fourth-order valence-electron chi connectivity index (χ4n) is 1.40. The Labute approximate surface area is 87.3 Å². The van der Waals surface area contributed by atoms with Crippen molar-refractivity contribution in [2.75, 3.05) is 0 Å². The lowest BCUT2D eigenvalue weighted by atomic mass is 10.3. The fourth-order valence-corrected chi connectivity index (χ4v) is 1.40. The summed E-state index contributed by atoms with van der Waals surface area (Å²) in [4.78, 5) is 0. The van der Waals surface area contributed by atoms with Crippen molar-refractivity contribution < 1.29 is 0 Å². The average molecular weight is 194 g/mol. The second-order valence-corrected chi connectivity index (χ2v) is 4.15. The van der Waals surface area contributed by atoms with Crippen LogP contribution < -0.4 is 5.32 Å². The highest BCUT2D eigenvalue weighted by molar-refractivity contribution is 5.09. The summed E-state index contributed by atoms with van der Waals surface area (Å²) in [7, 11) is 0. The van der Waals surface area contributed by atoms with E-state index in [1.54, 1.807) is 0 Å². The highest BCUT2D eigenvalue weighted by atomic mass is 14.9. The summed E-state index contributed by atoms with van der Waals surface area (Å²) in [6, 6.07) is 2.76. The molecule has 0 saturated heterocycles. The van der Waals surface area contributed by atoms with E-state index >= 15 is 0 Å². The number of hydrogen-bond donors (Lipinski definition) is 1. The summed E-state index contributed by atoms with van der Waals surface area (Å²) in [5.41, 5.74) is 1.38. The Hall–Kier alpha value is -0.760. The lowest BCUT2D eigenvalue weighted by Gasteiger charge is -2.05. The molecular weight excluding hydrogens is 172 g/mol. The SMILES string of the molecule is CCCCn1ccc(CNC(C)C)c1. The third-order valence-corrected chi connectivity index (χ3v) is 2.30. The van der Waals surface area contributed by atoms with Crippen LogP contribution in [0.1, 0.15) is 39.2 Å². The normalized spacial score (nSPS) is 11.1. The maximum Gasteiger partial charge on any atom is 0.0222 e. The molecule has 1 N–H and O–H groups in total. The Kier molecular flexibility index (Phi) is 4.74. The molecule has 0 amide bonds. The van der Waals surface area contributed by atoms with Crippen molar-refractivity contribution in [3.8, 4) is 0 Å². The minimum Gasteiger partial charge on any atom is -0.354 e. The second-order valence-electron chi connectivity index (χ2n) is 4.15. The Morgan fingerprint density at radius 1 is 1.43 bits per heavy atom. The topological polar surface area (TPSA) is 17.0 Å². The van der Waals surface area contributed by atoms with E-state index < -0.39 is 0 Å². The molecule has 0 aliphatic carbocycles. The molecule has 1 aromatic rings. The molecule has 2 nitrogen and oxygen atoms in total. The van der Waals surface area contributed by atoms with Gasteiger partial charge in [-0.3, -0.25) is 0 Å². The van der Waals surface area contributed by atoms with Gasteiger partial charge in [0, 0.05) is 31.5 Å². The van der Waals surface area contributed by atoms with Crippen LogP contribution >= 0.6 is 0 Å². The molecule has 0 radical (unpaired) electrons. The van der Waals surface area contributed by atoms with Crippen molar-refractivity contribution in [3.63, 3.8) is 0 Å². The second kappa shape index (κ2) is 5.86. The summed E-state index contributed by atoms with van der Waals surface area (Å²) in [6.07, 6.45) is 6.95. The molecule has 1 heterocycles. The Morgan fingerprint density at radius 3 is 2.86 bits per heavy atom. The van der Waals surface area contributed by atoms with Crippen LogP contribution in [0.4, 0.5) is 0 Å². The zero-order valence-electron chi connectivity index (χ0n) is 9.59. The van der Waals surface area contributed by atoms with Crippen LogP contribution in [0.25, 0.3) is 0 Å². The molecule has 1 aromatic heterocycles. The minimum absolute atomic E-state index is 0.564. The highest BCUT2D eigenvalue weighted by Crippen LogP contribution is 2.03. The lowest BCUT2D eigenvalue weighted by Crippen LogP contribution is -2.21. The van der Waals surface area contributed by atoms with Gasteiger partial charge in [-0.2, -0.15) is 0 Å². The first-order valence-corrected chi connectivity index (χ1v) is 5.60. The first-order valence-electron chi connectivity index (χ1n) is 5.60. The van der Waals surface area contributed by atoms with Crippen molar-refractivity contribution in [1.82, 2.24) is 9.88 Å². The summed E-state index contributed by atoms with van der Waals surface area (Å²) in [5.74, 6) is 0. The maximum atomic E-state index is 3.42. The van der Waals surface area contributed by atoms with Gasteiger partial charge in [-0.1, -0.05) is 27.2 Å². The van der Waals surface area contributed by atoms with Crippen molar-refractivity contribution in [2.24, 2.45) is 0 Å². The minimum atomic E-state index is 0.564. The number of nitrogens with zero attached hydrogens (tertiary/aromatic N) is 1. The molecule has 2 heteroatoms. The van der Waals surface area contributed by atoms with Crippen LogP contribution in [0.2, 0.25) is 0 Å². The number of unbranched alkanes of at least 4 members (excludes halogenated alkanes) is 1. The number of rotatable bonds is 6. The third-order valence-electron chi connectivity index (χ3n) is 2.30. The molecule has 80 valence electrons. The predicted molar refractivity (Wildman–Crippen MR) is 61.3 cm³/mol. The van der Waals surface area contributed by atoms with E-state index in [9.17, 15) is 0 Å². The van der Waals surface area contributed by atoms with Gasteiger partial charge in [-0.05, 0) is 18.1 Å². The largest absolute Gasteiger partial charge is 0.354 e. The predicted octanol–water partition coefficient (Wildman–Crippen LogP) is 2.79. The van der Waals surface area contributed by atoms with E-state index in [1.807, 2.05) is 0 Å². The van der Waals surface area contributed by atoms with Crippen LogP contribution in [0.3, 0.4) is 0 Å². The monoisotopic (exact) mass is 194 g/mol. The van der Waals surface area contributed by atoms with Gasteiger partial charge in [0.2, 0.25) is 0 Å². The van der Waals surface area contributed by atoms with Gasteiger partial charge in [0.15, 0.2) is 0 Å². The number of nitrogens with one attached hydrogen (secondary N) is 1. The van der Waals surface area contributed by atoms with E-state index in [4.69, 9.17) is 0 Å². The van der Waals surface area contributed by atoms with Crippen LogP contribution in [-0.2, 0) is 13.1 Å². The van der Waals surface area contributed by atoms with E-state index in [1.165, 1.54) is 18.4 Å². The molecule has 0 fully saturated rings. The molecule has 0 unspecified atom stereocenters. The zero-order valence-corrected chi connectivity index (χ0v) is 9.59. The van der Waals surface area contributed by atoms with Crippen LogP contribution in [-0.4, -0.2) is 10.6 Å². The molecule has 0 spiro atoms. The fraction of sp³-hybridized carbons (Fsp3) is 0.667. The van der Waals surface area contributed by atoms with Gasteiger partial charge in [0.25, 0.3) is 0 Å². The van der Waals surface area contributed by atoms with Gasteiger partial charge in [0.1, 0.15) is 0 Å². The first-order chi connectivity index (χ1) is 6.72. The van der Waals surface area contributed by atoms with Gasteiger partial charge in [-0.15, -0.1) is 0 Å². The van der Waals surface area contributed by atoms with Crippen LogP contribution in [0.5, 0.6) is 0 Å². The van der Waals surface area contributed by atoms with Gasteiger partial charge in [-0.25, -0.2) is 0 Å². The molecule has 0 saturated carbocycles. The van der Waals surface area contributed by atoms with E-state index in [0.29, 0.717) is 6.04 Å². The summed E-state index contributed by atoms with van der Waals surface area (Å²) in [5, 5.41) is 3.42. The molecule has 0 aliphatic heterocycles. The molecule has 0 aliphatic rings. The van der Waals surface area contributed by atoms with E-state index in [-0.39, 0.29) is 0 Å². The van der Waals surface area contributed by atoms with Gasteiger partial charge < -0.3 is 9.88 Å². The first kappa shape index (κ1) is 11.3. The Morgan fingerprint density at radius 2 is 2.21 bits per heavy atom. The van der Waals surface area contributed by atoms with Crippen molar-refractivity contribution in [1.29, 1.82) is 0 Å². The van der Waals surface area contributed by atoms with Crippen LogP contribution in [0.15, 0.2) is 18.5 Å². The highest BCUT2D eigenvalue weighted by Gasteiger charge is 1.97. The average Bonchev–Trinajstić information content (AvgIpc) is 2.59. The Bertz CT molecular complexity index is 251. The molecule has 1 rings (SSSR count). The maximum absolute atomic E-state index is 3.42. The molecule has 0 atom stereocenters. The van der Waals surface area contributed by atoms with Crippen LogP contribution in [0, 0.1) is 0 Å². The van der Waals surface area contributed by atoms with E-state index in [2.05, 4.69) is 49.1 Å².